The number of ether oxygens (including phenoxy) is 2. The minimum atomic E-state index is 0.0595. The summed E-state index contributed by atoms with van der Waals surface area (Å²) in [6.45, 7) is 9.26. The Balaban J connectivity index is 1.61. The molecule has 1 aliphatic rings. The predicted octanol–water partition coefficient (Wildman–Crippen LogP) is 3.70. The van der Waals surface area contributed by atoms with Gasteiger partial charge in [0, 0.05) is 37.0 Å². The first kappa shape index (κ1) is 17.9. The van der Waals surface area contributed by atoms with E-state index in [-0.39, 0.29) is 5.41 Å². The first-order chi connectivity index (χ1) is 12.2. The molecular formula is C21H28N2O2. The van der Waals surface area contributed by atoms with Crippen LogP contribution in [0.2, 0.25) is 0 Å². The van der Waals surface area contributed by atoms with Crippen LogP contribution in [0.15, 0.2) is 48.7 Å². The number of hydrogen-bond donors (Lipinski definition) is 0. The molecule has 0 aliphatic carbocycles. The summed E-state index contributed by atoms with van der Waals surface area (Å²) in [6.07, 6.45) is 3.08. The molecule has 1 saturated heterocycles. The Morgan fingerprint density at radius 3 is 2.68 bits per heavy atom. The van der Waals surface area contributed by atoms with Crippen molar-refractivity contribution in [2.45, 2.75) is 26.8 Å². The molecule has 2 aromatic rings. The number of likely N-dealkylation sites (tertiary alicyclic amines) is 1. The Morgan fingerprint density at radius 1 is 1.12 bits per heavy atom. The van der Waals surface area contributed by atoms with Gasteiger partial charge in [-0.05, 0) is 50.6 Å². The van der Waals surface area contributed by atoms with Crippen molar-refractivity contribution in [1.29, 1.82) is 0 Å². The average Bonchev–Trinajstić information content (AvgIpc) is 3.04. The number of pyridine rings is 1. The first-order valence-corrected chi connectivity index (χ1v) is 9.09. The van der Waals surface area contributed by atoms with E-state index in [0.717, 1.165) is 50.7 Å². The maximum Gasteiger partial charge on any atom is 0.119 e. The van der Waals surface area contributed by atoms with Crippen LogP contribution in [0.5, 0.6) is 5.75 Å². The Morgan fingerprint density at radius 2 is 1.96 bits per heavy atom. The van der Waals surface area contributed by atoms with Gasteiger partial charge in [0.2, 0.25) is 0 Å². The lowest BCUT2D eigenvalue weighted by molar-refractivity contribution is 0.0234. The van der Waals surface area contributed by atoms with Crippen LogP contribution < -0.4 is 4.74 Å². The highest BCUT2D eigenvalue weighted by molar-refractivity contribution is 5.21. The highest BCUT2D eigenvalue weighted by Gasteiger charge is 2.39. The Bertz CT molecular complexity index is 645. The summed E-state index contributed by atoms with van der Waals surface area (Å²) in [5, 5.41) is 0. The molecule has 1 aliphatic heterocycles. The Hall–Kier alpha value is -1.91. The van der Waals surface area contributed by atoms with Crippen molar-refractivity contribution in [2.24, 2.45) is 5.41 Å². The zero-order valence-corrected chi connectivity index (χ0v) is 15.3. The van der Waals surface area contributed by atoms with Crippen LogP contribution in [-0.2, 0) is 11.3 Å². The fraction of sp³-hybridized carbons (Fsp3) is 0.476. The van der Waals surface area contributed by atoms with E-state index < -0.39 is 0 Å². The Labute approximate surface area is 150 Å². The summed E-state index contributed by atoms with van der Waals surface area (Å²) >= 11 is 0. The van der Waals surface area contributed by atoms with Crippen molar-refractivity contribution < 1.29 is 9.47 Å². The van der Waals surface area contributed by atoms with E-state index in [1.54, 1.807) is 0 Å². The molecule has 0 amide bonds. The molecule has 25 heavy (non-hydrogen) atoms. The van der Waals surface area contributed by atoms with Gasteiger partial charge < -0.3 is 9.47 Å². The number of hydrogen-bond acceptors (Lipinski definition) is 4. The lowest BCUT2D eigenvalue weighted by atomic mass is 9.89. The van der Waals surface area contributed by atoms with Gasteiger partial charge in [-0.2, -0.15) is 0 Å². The molecule has 1 atom stereocenters. The lowest BCUT2D eigenvalue weighted by Gasteiger charge is -2.29. The number of para-hydroxylation sites is 1. The number of aryl methyl sites for hydroxylation is 1. The molecule has 4 nitrogen and oxygen atoms in total. The molecule has 3 rings (SSSR count). The second kappa shape index (κ2) is 8.45. The molecule has 4 heteroatoms. The second-order valence-corrected chi connectivity index (χ2v) is 7.01. The number of rotatable bonds is 8. The van der Waals surface area contributed by atoms with Gasteiger partial charge in [0.25, 0.3) is 0 Å². The largest absolute Gasteiger partial charge is 0.493 e. The lowest BCUT2D eigenvalue weighted by Crippen LogP contribution is -2.37. The summed E-state index contributed by atoms with van der Waals surface area (Å²) in [4.78, 5) is 6.89. The monoisotopic (exact) mass is 340 g/mol. The van der Waals surface area contributed by atoms with Gasteiger partial charge in [-0.15, -0.1) is 0 Å². The molecule has 0 radical (unpaired) electrons. The van der Waals surface area contributed by atoms with E-state index in [2.05, 4.69) is 28.9 Å². The third-order valence-electron chi connectivity index (χ3n) is 4.80. The van der Waals surface area contributed by atoms with Crippen molar-refractivity contribution in [3.8, 4) is 5.75 Å². The van der Waals surface area contributed by atoms with Crippen LogP contribution in [0.25, 0.3) is 0 Å². The van der Waals surface area contributed by atoms with Crippen LogP contribution in [0.1, 0.15) is 24.6 Å². The SMILES string of the molecule is CCOCC1(COc2ccccc2)CCN(Cc2ccc(C)nc2)C1. The molecule has 134 valence electrons. The van der Waals surface area contributed by atoms with Crippen LogP contribution in [-0.4, -0.2) is 42.8 Å². The third-order valence-corrected chi connectivity index (χ3v) is 4.80. The summed E-state index contributed by atoms with van der Waals surface area (Å²) in [7, 11) is 0. The van der Waals surface area contributed by atoms with E-state index in [9.17, 15) is 0 Å². The van der Waals surface area contributed by atoms with Crippen LogP contribution in [0.3, 0.4) is 0 Å². The molecule has 0 bridgehead atoms. The molecule has 1 aromatic heterocycles. The predicted molar refractivity (Wildman–Crippen MR) is 99.7 cm³/mol. The smallest absolute Gasteiger partial charge is 0.119 e. The zero-order valence-electron chi connectivity index (χ0n) is 15.3. The summed E-state index contributed by atoms with van der Waals surface area (Å²) in [6, 6.07) is 14.3. The zero-order chi connectivity index (χ0) is 17.5. The van der Waals surface area contributed by atoms with Crippen molar-refractivity contribution in [3.05, 3.63) is 59.9 Å². The van der Waals surface area contributed by atoms with E-state index in [0.29, 0.717) is 6.61 Å². The minimum Gasteiger partial charge on any atom is -0.493 e. The molecule has 0 saturated carbocycles. The highest BCUT2D eigenvalue weighted by Crippen LogP contribution is 2.33. The molecule has 2 heterocycles. The minimum absolute atomic E-state index is 0.0595. The maximum atomic E-state index is 6.09. The Kier molecular flexibility index (Phi) is 6.05. The van der Waals surface area contributed by atoms with Crippen LogP contribution in [0.4, 0.5) is 0 Å². The summed E-state index contributed by atoms with van der Waals surface area (Å²) in [5.41, 5.74) is 2.39. The van der Waals surface area contributed by atoms with Crippen LogP contribution >= 0.6 is 0 Å². The van der Waals surface area contributed by atoms with Gasteiger partial charge in [0.15, 0.2) is 0 Å². The molecular weight excluding hydrogens is 312 g/mol. The van der Waals surface area contributed by atoms with E-state index in [1.807, 2.05) is 43.5 Å². The van der Waals surface area contributed by atoms with Gasteiger partial charge in [0.05, 0.1) is 13.2 Å². The van der Waals surface area contributed by atoms with E-state index >= 15 is 0 Å². The summed E-state index contributed by atoms with van der Waals surface area (Å²) < 4.78 is 11.9. The second-order valence-electron chi connectivity index (χ2n) is 7.01. The molecule has 0 N–H and O–H groups in total. The molecule has 1 aromatic carbocycles. The molecule has 1 fully saturated rings. The van der Waals surface area contributed by atoms with Gasteiger partial charge in [-0.1, -0.05) is 24.3 Å². The number of benzene rings is 1. The molecule has 0 spiro atoms. The fourth-order valence-electron chi connectivity index (χ4n) is 3.36. The summed E-state index contributed by atoms with van der Waals surface area (Å²) in [5.74, 6) is 0.930. The van der Waals surface area contributed by atoms with Gasteiger partial charge in [-0.25, -0.2) is 0 Å². The van der Waals surface area contributed by atoms with E-state index in [4.69, 9.17) is 9.47 Å². The third kappa shape index (κ3) is 5.03. The fourth-order valence-corrected chi connectivity index (χ4v) is 3.36. The highest BCUT2D eigenvalue weighted by atomic mass is 16.5. The van der Waals surface area contributed by atoms with Gasteiger partial charge in [-0.3, -0.25) is 9.88 Å². The quantitative estimate of drug-likeness (QED) is 0.734. The van der Waals surface area contributed by atoms with E-state index in [1.165, 1.54) is 5.56 Å². The normalized spacial score (nSPS) is 20.7. The number of nitrogens with zero attached hydrogens (tertiary/aromatic N) is 2. The average molecular weight is 340 g/mol. The topological polar surface area (TPSA) is 34.6 Å². The molecule has 1 unspecified atom stereocenters. The van der Waals surface area contributed by atoms with Gasteiger partial charge >= 0.3 is 0 Å². The van der Waals surface area contributed by atoms with Gasteiger partial charge in [0.1, 0.15) is 5.75 Å². The standard InChI is InChI=1S/C21H28N2O2/c1-3-24-16-21(17-25-20-7-5-4-6-8-20)11-12-23(15-21)14-19-10-9-18(2)22-13-19/h4-10,13H,3,11-12,14-17H2,1-2H3. The maximum absolute atomic E-state index is 6.09. The first-order valence-electron chi connectivity index (χ1n) is 9.09. The van der Waals surface area contributed by atoms with Crippen LogP contribution in [0, 0.1) is 12.3 Å². The number of aromatic nitrogens is 1. The van der Waals surface area contributed by atoms with Crippen molar-refractivity contribution in [3.63, 3.8) is 0 Å². The van der Waals surface area contributed by atoms with Crippen molar-refractivity contribution >= 4 is 0 Å². The van der Waals surface area contributed by atoms with Crippen molar-refractivity contribution in [1.82, 2.24) is 9.88 Å². The van der Waals surface area contributed by atoms with Crippen molar-refractivity contribution in [2.75, 3.05) is 32.9 Å².